The molecule has 0 amide bonds. The fourth-order valence-electron chi connectivity index (χ4n) is 3.18. The number of ether oxygens (including phenoxy) is 2. The van der Waals surface area contributed by atoms with Gasteiger partial charge < -0.3 is 19.7 Å². The van der Waals surface area contributed by atoms with Crippen LogP contribution >= 0.6 is 22.6 Å². The van der Waals surface area contributed by atoms with Crippen LogP contribution in [0.15, 0.2) is 12.2 Å². The molecular formula is C24H47IO4. The Morgan fingerprint density at radius 3 is 1.66 bits per heavy atom. The summed E-state index contributed by atoms with van der Waals surface area (Å²) in [5, 5.41) is 17.7. The molecule has 5 heteroatoms. The van der Waals surface area contributed by atoms with Crippen molar-refractivity contribution in [2.75, 3.05) is 30.9 Å². The highest BCUT2D eigenvalue weighted by atomic mass is 127. The Morgan fingerprint density at radius 2 is 1.07 bits per heavy atom. The van der Waals surface area contributed by atoms with E-state index in [9.17, 15) is 0 Å². The van der Waals surface area contributed by atoms with E-state index >= 15 is 0 Å². The molecule has 0 bridgehead atoms. The Hall–Kier alpha value is 0.310. The Morgan fingerprint density at radius 1 is 0.586 bits per heavy atom. The SMILES string of the molecule is OCCCCCCOC(CCCCCCC/C=C\CCI)OCCCCCCO. The molecule has 0 spiro atoms. The summed E-state index contributed by atoms with van der Waals surface area (Å²) in [5.74, 6) is 0. The number of unbranched alkanes of at least 4 members (excludes halogenated alkanes) is 11. The molecule has 0 heterocycles. The first-order valence-electron chi connectivity index (χ1n) is 12.0. The Balaban J connectivity index is 3.79. The molecule has 0 aromatic heterocycles. The molecule has 0 aliphatic heterocycles. The van der Waals surface area contributed by atoms with Crippen LogP contribution in [0.3, 0.4) is 0 Å². The van der Waals surface area contributed by atoms with Crippen LogP contribution in [-0.4, -0.2) is 47.4 Å². The minimum Gasteiger partial charge on any atom is -0.396 e. The lowest BCUT2D eigenvalue weighted by Gasteiger charge is -2.19. The molecule has 0 saturated carbocycles. The third-order valence-corrected chi connectivity index (χ3v) is 5.59. The summed E-state index contributed by atoms with van der Waals surface area (Å²) in [6, 6.07) is 0. The second kappa shape index (κ2) is 26.3. The zero-order valence-electron chi connectivity index (χ0n) is 18.7. The number of aliphatic hydroxyl groups excluding tert-OH is 2. The van der Waals surface area contributed by atoms with Crippen LogP contribution < -0.4 is 0 Å². The molecule has 0 radical (unpaired) electrons. The van der Waals surface area contributed by atoms with E-state index in [2.05, 4.69) is 34.7 Å². The Bertz CT molecular complexity index is 310. The Kier molecular flexibility index (Phi) is 26.6. The lowest BCUT2D eigenvalue weighted by Crippen LogP contribution is -2.19. The predicted molar refractivity (Wildman–Crippen MR) is 132 cm³/mol. The van der Waals surface area contributed by atoms with Crippen LogP contribution in [-0.2, 0) is 9.47 Å². The molecule has 29 heavy (non-hydrogen) atoms. The van der Waals surface area contributed by atoms with Gasteiger partial charge >= 0.3 is 0 Å². The minimum absolute atomic E-state index is 0.0677. The van der Waals surface area contributed by atoms with Gasteiger partial charge in [0.15, 0.2) is 6.29 Å². The monoisotopic (exact) mass is 526 g/mol. The minimum atomic E-state index is -0.0677. The molecule has 0 unspecified atom stereocenters. The van der Waals surface area contributed by atoms with E-state index in [1.54, 1.807) is 0 Å². The van der Waals surface area contributed by atoms with Gasteiger partial charge in [-0.3, -0.25) is 0 Å². The summed E-state index contributed by atoms with van der Waals surface area (Å²) in [6.07, 6.45) is 22.6. The summed E-state index contributed by atoms with van der Waals surface area (Å²) < 4.78 is 13.2. The van der Waals surface area contributed by atoms with Gasteiger partial charge in [-0.05, 0) is 57.8 Å². The second-order valence-corrected chi connectivity index (χ2v) is 8.82. The van der Waals surface area contributed by atoms with Gasteiger partial charge in [-0.2, -0.15) is 0 Å². The topological polar surface area (TPSA) is 58.9 Å². The maximum atomic E-state index is 8.84. The number of hydrogen-bond donors (Lipinski definition) is 2. The molecule has 0 aliphatic rings. The molecule has 0 aromatic carbocycles. The van der Waals surface area contributed by atoms with Crippen molar-refractivity contribution in [2.24, 2.45) is 0 Å². The molecule has 0 rings (SSSR count). The first kappa shape index (κ1) is 29.3. The fourth-order valence-corrected chi connectivity index (χ4v) is 3.54. The van der Waals surface area contributed by atoms with Crippen molar-refractivity contribution >= 4 is 22.6 Å². The molecule has 174 valence electrons. The van der Waals surface area contributed by atoms with Crippen molar-refractivity contribution in [3.63, 3.8) is 0 Å². The zero-order valence-corrected chi connectivity index (χ0v) is 20.8. The quantitative estimate of drug-likeness (QED) is 0.0492. The van der Waals surface area contributed by atoms with E-state index in [0.717, 1.165) is 71.0 Å². The highest BCUT2D eigenvalue weighted by molar-refractivity contribution is 14.1. The highest BCUT2D eigenvalue weighted by Crippen LogP contribution is 2.14. The number of hydrogen-bond acceptors (Lipinski definition) is 4. The van der Waals surface area contributed by atoms with Gasteiger partial charge in [0.1, 0.15) is 0 Å². The van der Waals surface area contributed by atoms with Gasteiger partial charge in [-0.15, -0.1) is 0 Å². The second-order valence-electron chi connectivity index (χ2n) is 7.74. The first-order valence-corrected chi connectivity index (χ1v) is 13.5. The fraction of sp³-hybridized carbons (Fsp3) is 0.917. The van der Waals surface area contributed by atoms with Crippen LogP contribution in [0.2, 0.25) is 0 Å². The first-order chi connectivity index (χ1) is 14.3. The van der Waals surface area contributed by atoms with E-state index in [1.165, 1.54) is 49.4 Å². The number of alkyl halides is 1. The lowest BCUT2D eigenvalue weighted by atomic mass is 10.1. The number of aliphatic hydroxyl groups is 2. The number of rotatable bonds is 24. The molecular weight excluding hydrogens is 479 g/mol. The summed E-state index contributed by atoms with van der Waals surface area (Å²) in [7, 11) is 0. The van der Waals surface area contributed by atoms with Gasteiger partial charge in [-0.25, -0.2) is 0 Å². The van der Waals surface area contributed by atoms with E-state index < -0.39 is 0 Å². The number of allylic oxidation sites excluding steroid dienone is 2. The van der Waals surface area contributed by atoms with Crippen LogP contribution in [0.4, 0.5) is 0 Å². The molecule has 0 atom stereocenters. The molecule has 0 aromatic rings. The third kappa shape index (κ3) is 24.5. The predicted octanol–water partition coefficient (Wildman–Crippen LogP) is 6.56. The van der Waals surface area contributed by atoms with Crippen LogP contribution in [0.5, 0.6) is 0 Å². The largest absolute Gasteiger partial charge is 0.396 e. The molecule has 2 N–H and O–H groups in total. The van der Waals surface area contributed by atoms with E-state index in [4.69, 9.17) is 19.7 Å². The van der Waals surface area contributed by atoms with Gasteiger partial charge in [0.05, 0.1) is 0 Å². The molecule has 0 saturated heterocycles. The summed E-state index contributed by atoms with van der Waals surface area (Å²) in [5.41, 5.74) is 0. The highest BCUT2D eigenvalue weighted by Gasteiger charge is 2.09. The molecule has 0 fully saturated rings. The van der Waals surface area contributed by atoms with Crippen molar-refractivity contribution < 1.29 is 19.7 Å². The summed E-state index contributed by atoms with van der Waals surface area (Å²) in [6.45, 7) is 2.09. The van der Waals surface area contributed by atoms with Crippen molar-refractivity contribution in [1.82, 2.24) is 0 Å². The third-order valence-electron chi connectivity index (χ3n) is 4.97. The van der Waals surface area contributed by atoms with Crippen LogP contribution in [0.1, 0.15) is 103 Å². The smallest absolute Gasteiger partial charge is 0.157 e. The van der Waals surface area contributed by atoms with E-state index in [1.807, 2.05) is 0 Å². The maximum Gasteiger partial charge on any atom is 0.157 e. The summed E-state index contributed by atoms with van der Waals surface area (Å²) >= 11 is 2.42. The van der Waals surface area contributed by atoms with Crippen LogP contribution in [0.25, 0.3) is 0 Å². The maximum absolute atomic E-state index is 8.84. The standard InChI is InChI=1S/C24H47IO4/c25-19-13-7-5-3-1-2-4-6-12-18-24(28-22-16-10-8-14-20-26)29-23-17-11-9-15-21-27/h5,7,24,26-27H,1-4,6,8-23H2/b7-5-. The average molecular weight is 527 g/mol. The van der Waals surface area contributed by atoms with Crippen molar-refractivity contribution in [3.8, 4) is 0 Å². The van der Waals surface area contributed by atoms with Crippen LogP contribution in [0, 0.1) is 0 Å². The van der Waals surface area contributed by atoms with Crippen molar-refractivity contribution in [2.45, 2.75) is 109 Å². The number of halogens is 1. The van der Waals surface area contributed by atoms with Gasteiger partial charge in [0.25, 0.3) is 0 Å². The van der Waals surface area contributed by atoms with Gasteiger partial charge in [-0.1, -0.05) is 79.7 Å². The van der Waals surface area contributed by atoms with Gasteiger partial charge in [0.2, 0.25) is 0 Å². The lowest BCUT2D eigenvalue weighted by molar-refractivity contribution is -0.148. The normalized spacial score (nSPS) is 11.9. The van der Waals surface area contributed by atoms with Crippen molar-refractivity contribution in [3.05, 3.63) is 12.2 Å². The van der Waals surface area contributed by atoms with E-state index in [0.29, 0.717) is 0 Å². The van der Waals surface area contributed by atoms with Crippen molar-refractivity contribution in [1.29, 1.82) is 0 Å². The molecule has 0 aliphatic carbocycles. The zero-order chi connectivity index (χ0) is 21.3. The van der Waals surface area contributed by atoms with Gasteiger partial charge in [0, 0.05) is 30.9 Å². The molecule has 4 nitrogen and oxygen atoms in total. The average Bonchev–Trinajstić information content (AvgIpc) is 2.73. The van der Waals surface area contributed by atoms with E-state index in [-0.39, 0.29) is 19.5 Å². The summed E-state index contributed by atoms with van der Waals surface area (Å²) in [4.78, 5) is 0. The Labute approximate surface area is 194 Å².